The van der Waals surface area contributed by atoms with Gasteiger partial charge in [-0.2, -0.15) is 0 Å². The van der Waals surface area contributed by atoms with E-state index in [4.69, 9.17) is 4.74 Å². The van der Waals surface area contributed by atoms with Crippen LogP contribution in [0.4, 0.5) is 0 Å². The number of ether oxygens (including phenoxy) is 1. The van der Waals surface area contributed by atoms with Gasteiger partial charge in [0.25, 0.3) is 0 Å². The highest BCUT2D eigenvalue weighted by Gasteiger charge is 2.47. The van der Waals surface area contributed by atoms with Crippen LogP contribution >= 0.6 is 0 Å². The van der Waals surface area contributed by atoms with Crippen LogP contribution in [-0.2, 0) is 9.53 Å². The lowest BCUT2D eigenvalue weighted by Gasteiger charge is -2.49. The van der Waals surface area contributed by atoms with Gasteiger partial charge in [-0.05, 0) is 31.7 Å². The van der Waals surface area contributed by atoms with Crippen molar-refractivity contribution in [3.05, 3.63) is 24.3 Å². The molecule has 26 heavy (non-hydrogen) atoms. The lowest BCUT2D eigenvalue weighted by molar-refractivity contribution is -0.152. The quantitative estimate of drug-likeness (QED) is 0.829. The molecule has 1 aromatic heterocycles. The molecule has 142 valence electrons. The predicted molar refractivity (Wildman–Crippen MR) is 98.8 cm³/mol. The maximum Gasteiger partial charge on any atom is 0.243 e. The minimum atomic E-state index is -0.296. The predicted octanol–water partition coefficient (Wildman–Crippen LogP) is 2.22. The van der Waals surface area contributed by atoms with Crippen molar-refractivity contribution in [2.45, 2.75) is 56.4 Å². The third kappa shape index (κ3) is 3.49. The SMILES string of the molecule is O=C(N1CCC[C@@H](c2ccncn2)C1)C1(N2CCOCC2)CCCCC1. The normalized spacial score (nSPS) is 27.2. The van der Waals surface area contributed by atoms with Gasteiger partial charge in [0.15, 0.2) is 0 Å². The van der Waals surface area contributed by atoms with Crippen molar-refractivity contribution in [3.63, 3.8) is 0 Å². The summed E-state index contributed by atoms with van der Waals surface area (Å²) in [4.78, 5) is 26.8. The Labute approximate surface area is 155 Å². The van der Waals surface area contributed by atoms with Gasteiger partial charge in [0, 0.05) is 44.0 Å². The zero-order valence-electron chi connectivity index (χ0n) is 15.6. The highest BCUT2D eigenvalue weighted by Crippen LogP contribution is 2.37. The average molecular weight is 358 g/mol. The van der Waals surface area contributed by atoms with Gasteiger partial charge in [-0.25, -0.2) is 9.97 Å². The number of carbonyl (C=O) groups is 1. The Bertz CT molecular complexity index is 597. The number of hydrogen-bond donors (Lipinski definition) is 0. The fourth-order valence-corrected chi connectivity index (χ4v) is 5.03. The largest absolute Gasteiger partial charge is 0.379 e. The first-order valence-corrected chi connectivity index (χ1v) is 10.2. The number of likely N-dealkylation sites (tertiary alicyclic amines) is 1. The van der Waals surface area contributed by atoms with Crippen LogP contribution in [0.1, 0.15) is 56.6 Å². The molecule has 1 saturated carbocycles. The fraction of sp³-hybridized carbons (Fsp3) is 0.750. The first kappa shape index (κ1) is 17.9. The maximum absolute atomic E-state index is 13.8. The highest BCUT2D eigenvalue weighted by molar-refractivity contribution is 5.86. The summed E-state index contributed by atoms with van der Waals surface area (Å²) < 4.78 is 5.55. The van der Waals surface area contributed by atoms with Crippen LogP contribution in [0.2, 0.25) is 0 Å². The standard InChI is InChI=1S/C20H30N4O2/c25-19(20(7-2-1-3-8-20)24-11-13-26-14-12-24)23-10-4-5-17(15-23)18-6-9-21-16-22-18/h6,9,16-17H,1-5,7-8,10-15H2/t17-/m1/s1. The first-order chi connectivity index (χ1) is 12.8. The summed E-state index contributed by atoms with van der Waals surface area (Å²) in [6, 6.07) is 2.00. The van der Waals surface area contributed by atoms with Crippen LogP contribution in [0, 0.1) is 0 Å². The molecular formula is C20H30N4O2. The van der Waals surface area contributed by atoms with E-state index in [0.29, 0.717) is 11.8 Å². The van der Waals surface area contributed by atoms with Gasteiger partial charge in [-0.1, -0.05) is 19.3 Å². The maximum atomic E-state index is 13.8. The Hall–Kier alpha value is -1.53. The van der Waals surface area contributed by atoms with Crippen molar-refractivity contribution < 1.29 is 9.53 Å². The number of piperidine rings is 1. The molecule has 0 aromatic carbocycles. The van der Waals surface area contributed by atoms with E-state index in [1.54, 1.807) is 12.5 Å². The van der Waals surface area contributed by atoms with E-state index in [9.17, 15) is 4.79 Å². The number of aromatic nitrogens is 2. The molecule has 6 nitrogen and oxygen atoms in total. The summed E-state index contributed by atoms with van der Waals surface area (Å²) in [5.74, 6) is 0.693. The average Bonchev–Trinajstić information content (AvgIpc) is 2.75. The lowest BCUT2D eigenvalue weighted by Crippen LogP contribution is -2.63. The van der Waals surface area contributed by atoms with Crippen LogP contribution in [-0.4, -0.2) is 70.6 Å². The van der Waals surface area contributed by atoms with Crippen molar-refractivity contribution in [2.24, 2.45) is 0 Å². The summed E-state index contributed by atoms with van der Waals surface area (Å²) in [5.41, 5.74) is 0.775. The van der Waals surface area contributed by atoms with Crippen molar-refractivity contribution in [2.75, 3.05) is 39.4 Å². The molecule has 2 aliphatic heterocycles. The molecule has 1 aliphatic carbocycles. The zero-order valence-corrected chi connectivity index (χ0v) is 15.6. The topological polar surface area (TPSA) is 58.6 Å². The van der Waals surface area contributed by atoms with Gasteiger partial charge in [0.1, 0.15) is 11.9 Å². The van der Waals surface area contributed by atoms with E-state index in [-0.39, 0.29) is 5.54 Å². The second-order valence-electron chi connectivity index (χ2n) is 7.92. The molecule has 1 amide bonds. The van der Waals surface area contributed by atoms with Crippen LogP contribution in [0.5, 0.6) is 0 Å². The van der Waals surface area contributed by atoms with Crippen molar-refractivity contribution in [3.8, 4) is 0 Å². The number of rotatable bonds is 3. The fourth-order valence-electron chi connectivity index (χ4n) is 5.03. The Balaban J connectivity index is 1.53. The molecular weight excluding hydrogens is 328 g/mol. The van der Waals surface area contributed by atoms with Crippen molar-refractivity contribution >= 4 is 5.91 Å². The van der Waals surface area contributed by atoms with E-state index < -0.39 is 0 Å². The number of nitrogens with zero attached hydrogens (tertiary/aromatic N) is 4. The Morgan fingerprint density at radius 3 is 2.65 bits per heavy atom. The van der Waals surface area contributed by atoms with E-state index in [1.165, 1.54) is 6.42 Å². The molecule has 0 radical (unpaired) electrons. The Morgan fingerprint density at radius 1 is 1.12 bits per heavy atom. The van der Waals surface area contributed by atoms with E-state index in [1.807, 2.05) is 6.07 Å². The summed E-state index contributed by atoms with van der Waals surface area (Å²) in [7, 11) is 0. The molecule has 6 heteroatoms. The lowest BCUT2D eigenvalue weighted by atomic mass is 9.78. The molecule has 1 atom stereocenters. The highest BCUT2D eigenvalue weighted by atomic mass is 16.5. The van der Waals surface area contributed by atoms with E-state index >= 15 is 0 Å². The van der Waals surface area contributed by atoms with E-state index in [2.05, 4.69) is 19.8 Å². The Kier molecular flexibility index (Phi) is 5.50. The third-order valence-electron chi connectivity index (χ3n) is 6.43. The number of amides is 1. The van der Waals surface area contributed by atoms with E-state index in [0.717, 1.165) is 83.6 Å². The van der Waals surface area contributed by atoms with Gasteiger partial charge in [-0.15, -0.1) is 0 Å². The smallest absolute Gasteiger partial charge is 0.243 e. The molecule has 3 heterocycles. The third-order valence-corrected chi connectivity index (χ3v) is 6.43. The molecule has 1 aromatic rings. The van der Waals surface area contributed by atoms with Crippen LogP contribution in [0.3, 0.4) is 0 Å². The molecule has 3 aliphatic rings. The number of hydrogen-bond acceptors (Lipinski definition) is 5. The van der Waals surface area contributed by atoms with Crippen LogP contribution in [0.15, 0.2) is 18.6 Å². The number of carbonyl (C=O) groups excluding carboxylic acids is 1. The number of morpholine rings is 1. The molecule has 4 rings (SSSR count). The van der Waals surface area contributed by atoms with Gasteiger partial charge in [-0.3, -0.25) is 9.69 Å². The summed E-state index contributed by atoms with van der Waals surface area (Å²) >= 11 is 0. The summed E-state index contributed by atoms with van der Waals surface area (Å²) in [6.07, 6.45) is 11.2. The van der Waals surface area contributed by atoms with Crippen LogP contribution in [0.25, 0.3) is 0 Å². The molecule has 3 fully saturated rings. The van der Waals surface area contributed by atoms with Gasteiger partial charge >= 0.3 is 0 Å². The minimum absolute atomic E-state index is 0.296. The van der Waals surface area contributed by atoms with Crippen molar-refractivity contribution in [1.82, 2.24) is 19.8 Å². The second-order valence-corrected chi connectivity index (χ2v) is 7.92. The minimum Gasteiger partial charge on any atom is -0.379 e. The van der Waals surface area contributed by atoms with Crippen LogP contribution < -0.4 is 0 Å². The molecule has 2 saturated heterocycles. The Morgan fingerprint density at radius 2 is 1.92 bits per heavy atom. The molecule has 0 spiro atoms. The van der Waals surface area contributed by atoms with Gasteiger partial charge in [0.2, 0.25) is 5.91 Å². The zero-order chi connectivity index (χ0) is 17.8. The van der Waals surface area contributed by atoms with Crippen molar-refractivity contribution in [1.29, 1.82) is 0 Å². The van der Waals surface area contributed by atoms with Gasteiger partial charge < -0.3 is 9.64 Å². The molecule has 0 N–H and O–H groups in total. The monoisotopic (exact) mass is 358 g/mol. The molecule has 0 bridgehead atoms. The summed E-state index contributed by atoms with van der Waals surface area (Å²) in [6.45, 7) is 4.94. The van der Waals surface area contributed by atoms with Gasteiger partial charge in [0.05, 0.1) is 13.2 Å². The first-order valence-electron chi connectivity index (χ1n) is 10.2. The molecule has 0 unspecified atom stereocenters. The summed E-state index contributed by atoms with van der Waals surface area (Å²) in [5, 5.41) is 0. The second kappa shape index (κ2) is 8.01.